The van der Waals surface area contributed by atoms with Gasteiger partial charge in [0.25, 0.3) is 5.91 Å². The number of dihydropyridines is 1. The van der Waals surface area contributed by atoms with E-state index in [1.165, 1.54) is 24.5 Å². The van der Waals surface area contributed by atoms with Gasteiger partial charge < -0.3 is 20.8 Å². The van der Waals surface area contributed by atoms with Gasteiger partial charge in [-0.1, -0.05) is 23.9 Å². The molecular weight excluding hydrogens is 395 g/mol. The van der Waals surface area contributed by atoms with E-state index >= 15 is 0 Å². The second kappa shape index (κ2) is 8.67. The van der Waals surface area contributed by atoms with Crippen LogP contribution in [0.3, 0.4) is 0 Å². The zero-order valence-electron chi connectivity index (χ0n) is 15.4. The molecule has 3 rings (SSSR count). The summed E-state index contributed by atoms with van der Waals surface area (Å²) in [5, 5.41) is 15.7. The molecule has 1 aliphatic heterocycles. The fourth-order valence-electron chi connectivity index (χ4n) is 2.96. The van der Waals surface area contributed by atoms with E-state index in [1.807, 2.05) is 0 Å². The smallest absolute Gasteiger partial charge is 0.254 e. The molecule has 2 heterocycles. The van der Waals surface area contributed by atoms with Crippen molar-refractivity contribution in [3.63, 3.8) is 0 Å². The number of nitrogens with one attached hydrogen (secondary N) is 2. The van der Waals surface area contributed by atoms with Crippen molar-refractivity contribution >= 4 is 29.3 Å². The van der Waals surface area contributed by atoms with E-state index in [4.69, 9.17) is 10.2 Å². The first-order valence-electron chi connectivity index (χ1n) is 8.54. The standard InChI is InChI=1S/C20H17FN4O3S/c1-11-17(19(27)25-14-6-3-2-5-13(14)21)18(15-7-4-8-28-15)12(9-22)20(24-11)29-10-16(23)26/h2-8,18,24H,10H2,1H3,(H2,23,26)(H,25,27)/t18-/m0/s1. The number of hydrogen-bond acceptors (Lipinski definition) is 6. The highest BCUT2D eigenvalue weighted by Crippen LogP contribution is 2.41. The fourth-order valence-corrected chi connectivity index (χ4v) is 3.79. The van der Waals surface area contributed by atoms with Gasteiger partial charge in [0.05, 0.1) is 45.9 Å². The number of benzene rings is 1. The van der Waals surface area contributed by atoms with Crippen molar-refractivity contribution in [1.29, 1.82) is 5.26 Å². The molecule has 4 N–H and O–H groups in total. The van der Waals surface area contributed by atoms with E-state index in [0.717, 1.165) is 11.8 Å². The maximum absolute atomic E-state index is 14.0. The molecule has 7 nitrogen and oxygen atoms in total. The van der Waals surface area contributed by atoms with E-state index in [2.05, 4.69) is 16.7 Å². The maximum Gasteiger partial charge on any atom is 0.254 e. The predicted octanol–water partition coefficient (Wildman–Crippen LogP) is 2.97. The minimum absolute atomic E-state index is 0.0207. The highest BCUT2D eigenvalue weighted by Gasteiger charge is 2.36. The SMILES string of the molecule is CC1=C(C(=O)Nc2ccccc2F)[C@H](c2ccco2)C(C#N)=C(SCC(N)=O)N1. The monoisotopic (exact) mass is 412 g/mol. The lowest BCUT2D eigenvalue weighted by Gasteiger charge is -2.28. The molecule has 0 unspecified atom stereocenters. The minimum Gasteiger partial charge on any atom is -0.468 e. The summed E-state index contributed by atoms with van der Waals surface area (Å²) < 4.78 is 19.5. The summed E-state index contributed by atoms with van der Waals surface area (Å²) in [7, 11) is 0. The first-order valence-corrected chi connectivity index (χ1v) is 9.53. The van der Waals surface area contributed by atoms with Gasteiger partial charge in [-0.25, -0.2) is 4.39 Å². The number of amides is 2. The molecule has 0 radical (unpaired) electrons. The van der Waals surface area contributed by atoms with Gasteiger partial charge in [0.15, 0.2) is 0 Å². The molecule has 1 atom stereocenters. The largest absolute Gasteiger partial charge is 0.468 e. The minimum atomic E-state index is -0.821. The Kier molecular flexibility index (Phi) is 6.04. The van der Waals surface area contributed by atoms with Crippen LogP contribution in [0.25, 0.3) is 0 Å². The normalized spacial score (nSPS) is 16.2. The number of halogens is 1. The number of carbonyl (C=O) groups excluding carboxylic acids is 2. The summed E-state index contributed by atoms with van der Waals surface area (Å²) in [6.07, 6.45) is 1.43. The van der Waals surface area contributed by atoms with E-state index in [1.54, 1.807) is 25.1 Å². The summed E-state index contributed by atoms with van der Waals surface area (Å²) in [5.74, 6) is -2.18. The number of para-hydroxylation sites is 1. The van der Waals surface area contributed by atoms with Gasteiger partial charge in [-0.15, -0.1) is 0 Å². The molecule has 0 saturated heterocycles. The van der Waals surface area contributed by atoms with Crippen LogP contribution in [0, 0.1) is 17.1 Å². The van der Waals surface area contributed by atoms with Crippen molar-refractivity contribution in [3.8, 4) is 6.07 Å². The Balaban J connectivity index is 2.02. The van der Waals surface area contributed by atoms with Gasteiger partial charge in [-0.2, -0.15) is 5.26 Å². The Morgan fingerprint density at radius 3 is 2.72 bits per heavy atom. The Hall–Kier alpha value is -3.51. The lowest BCUT2D eigenvalue weighted by atomic mass is 9.85. The molecule has 9 heteroatoms. The molecule has 0 aliphatic carbocycles. The Morgan fingerprint density at radius 2 is 2.10 bits per heavy atom. The van der Waals surface area contributed by atoms with E-state index in [9.17, 15) is 19.2 Å². The molecule has 148 valence electrons. The van der Waals surface area contributed by atoms with Crippen LogP contribution in [0.5, 0.6) is 0 Å². The number of rotatable bonds is 6. The highest BCUT2D eigenvalue weighted by molar-refractivity contribution is 8.03. The number of nitrogens with zero attached hydrogens (tertiary/aromatic N) is 1. The van der Waals surface area contributed by atoms with Crippen molar-refractivity contribution in [1.82, 2.24) is 5.32 Å². The summed E-state index contributed by atoms with van der Waals surface area (Å²) in [6, 6.07) is 11.2. The second-order valence-electron chi connectivity index (χ2n) is 6.16. The number of furan rings is 1. The molecule has 2 amide bonds. The number of thioether (sulfide) groups is 1. The van der Waals surface area contributed by atoms with Crippen LogP contribution in [0.15, 0.2) is 69.0 Å². The highest BCUT2D eigenvalue weighted by atomic mass is 32.2. The Bertz CT molecular complexity index is 1050. The molecule has 1 aromatic heterocycles. The number of allylic oxidation sites excluding steroid dienone is 2. The van der Waals surface area contributed by atoms with Gasteiger partial charge in [0.2, 0.25) is 5.91 Å². The average molecular weight is 412 g/mol. The average Bonchev–Trinajstić information content (AvgIpc) is 3.21. The first-order chi connectivity index (χ1) is 13.9. The van der Waals surface area contributed by atoms with Gasteiger partial charge in [-0.3, -0.25) is 9.59 Å². The topological polar surface area (TPSA) is 121 Å². The molecule has 29 heavy (non-hydrogen) atoms. The van der Waals surface area contributed by atoms with Crippen LogP contribution < -0.4 is 16.4 Å². The van der Waals surface area contributed by atoms with Gasteiger partial charge >= 0.3 is 0 Å². The lowest BCUT2D eigenvalue weighted by Crippen LogP contribution is -2.31. The van der Waals surface area contributed by atoms with Crippen LogP contribution in [-0.4, -0.2) is 17.6 Å². The number of nitrogens with two attached hydrogens (primary N) is 1. The van der Waals surface area contributed by atoms with Crippen LogP contribution >= 0.6 is 11.8 Å². The van der Waals surface area contributed by atoms with Gasteiger partial charge in [-0.05, 0) is 31.2 Å². The molecule has 0 saturated carbocycles. The third-order valence-corrected chi connectivity index (χ3v) is 5.24. The summed E-state index contributed by atoms with van der Waals surface area (Å²) in [5.41, 5.74) is 6.10. The first kappa shape index (κ1) is 20.2. The Labute approximate surface area is 170 Å². The number of hydrogen-bond donors (Lipinski definition) is 3. The molecule has 0 spiro atoms. The number of primary amides is 1. The number of nitriles is 1. The molecule has 2 aromatic rings. The van der Waals surface area contributed by atoms with Crippen LogP contribution in [0.4, 0.5) is 10.1 Å². The fraction of sp³-hybridized carbons (Fsp3) is 0.150. The predicted molar refractivity (Wildman–Crippen MR) is 107 cm³/mol. The van der Waals surface area contributed by atoms with Gasteiger partial charge in [0.1, 0.15) is 11.6 Å². The Morgan fingerprint density at radius 1 is 1.34 bits per heavy atom. The lowest BCUT2D eigenvalue weighted by molar-refractivity contribution is -0.115. The third-order valence-electron chi connectivity index (χ3n) is 4.20. The van der Waals surface area contributed by atoms with Crippen LogP contribution in [-0.2, 0) is 9.59 Å². The van der Waals surface area contributed by atoms with Crippen molar-refractivity contribution in [3.05, 3.63) is 76.1 Å². The van der Waals surface area contributed by atoms with Crippen molar-refractivity contribution in [2.24, 2.45) is 5.73 Å². The number of anilines is 1. The summed E-state index contributed by atoms with van der Waals surface area (Å²) >= 11 is 1.07. The third kappa shape index (κ3) is 4.33. The van der Waals surface area contributed by atoms with Gasteiger partial charge in [0, 0.05) is 5.70 Å². The zero-order chi connectivity index (χ0) is 21.0. The van der Waals surface area contributed by atoms with Crippen LogP contribution in [0.2, 0.25) is 0 Å². The molecule has 0 fully saturated rings. The van der Waals surface area contributed by atoms with Crippen molar-refractivity contribution < 1.29 is 18.4 Å². The van der Waals surface area contributed by atoms with E-state index < -0.39 is 23.5 Å². The van der Waals surface area contributed by atoms with E-state index in [0.29, 0.717) is 16.5 Å². The number of carbonyl (C=O) groups is 2. The second-order valence-corrected chi connectivity index (χ2v) is 7.14. The van der Waals surface area contributed by atoms with Crippen molar-refractivity contribution in [2.75, 3.05) is 11.1 Å². The van der Waals surface area contributed by atoms with E-state index in [-0.39, 0.29) is 22.6 Å². The quantitative estimate of drug-likeness (QED) is 0.671. The van der Waals surface area contributed by atoms with Crippen LogP contribution in [0.1, 0.15) is 18.6 Å². The molecule has 1 aliphatic rings. The molecular formula is C20H17FN4O3S. The summed E-state index contributed by atoms with van der Waals surface area (Å²) in [4.78, 5) is 24.2. The molecule has 0 bridgehead atoms. The zero-order valence-corrected chi connectivity index (χ0v) is 16.2. The molecule has 1 aromatic carbocycles. The maximum atomic E-state index is 14.0. The van der Waals surface area contributed by atoms with Crippen molar-refractivity contribution in [2.45, 2.75) is 12.8 Å². The summed E-state index contributed by atoms with van der Waals surface area (Å²) in [6.45, 7) is 1.66.